The van der Waals surface area contributed by atoms with Gasteiger partial charge < -0.3 is 59.8 Å². The Morgan fingerprint density at radius 1 is 0.676 bits per heavy atom. The third-order valence-corrected chi connectivity index (χ3v) is 6.03. The minimum absolute atomic E-state index is 0.151. The average molecular weight is 499 g/mol. The van der Waals surface area contributed by atoms with Crippen LogP contribution in [0.25, 0.3) is 0 Å². The van der Waals surface area contributed by atoms with E-state index in [0.717, 1.165) is 25.7 Å². The lowest BCUT2D eigenvalue weighted by molar-refractivity contribution is -0.367. The van der Waals surface area contributed by atoms with E-state index < -0.39 is 80.6 Å². The number of carboxylic acid groups (broad SMARTS) is 1. The smallest absolute Gasteiger partial charge is 0.303 e. The molecule has 2 rings (SSSR count). The number of aliphatic carboxylic acids is 1. The number of carboxylic acids is 1. The van der Waals surface area contributed by atoms with Gasteiger partial charge in [0.15, 0.2) is 12.6 Å². The van der Waals surface area contributed by atoms with Gasteiger partial charge >= 0.3 is 5.97 Å². The van der Waals surface area contributed by atoms with Gasteiger partial charge in [-0.15, -0.1) is 0 Å². The second-order valence-electron chi connectivity index (χ2n) is 8.64. The molecule has 0 amide bonds. The molecule has 8 N–H and O–H groups in total. The molecule has 0 aromatic heterocycles. The molecule has 2 aliphatic heterocycles. The molecule has 1 unspecified atom stereocenters. The second-order valence-corrected chi connectivity index (χ2v) is 8.64. The van der Waals surface area contributed by atoms with E-state index in [1.54, 1.807) is 0 Å². The topological polar surface area (TPSA) is 216 Å². The van der Waals surface area contributed by atoms with Crippen molar-refractivity contribution in [3.8, 4) is 0 Å². The Labute approximate surface area is 197 Å². The van der Waals surface area contributed by atoms with Gasteiger partial charge in [-0.1, -0.05) is 25.7 Å². The first-order valence-corrected chi connectivity index (χ1v) is 11.6. The van der Waals surface area contributed by atoms with Crippen molar-refractivity contribution >= 4 is 5.97 Å². The van der Waals surface area contributed by atoms with Gasteiger partial charge in [0.25, 0.3) is 0 Å². The van der Waals surface area contributed by atoms with Crippen LogP contribution in [0.15, 0.2) is 0 Å². The van der Waals surface area contributed by atoms with Crippen molar-refractivity contribution < 1.29 is 64.6 Å². The summed E-state index contributed by atoms with van der Waals surface area (Å²) in [6.45, 7) is -1.07. The number of carbonyl (C=O) groups is 1. The van der Waals surface area contributed by atoms with E-state index in [4.69, 9.17) is 24.1 Å². The first-order valence-electron chi connectivity index (χ1n) is 11.6. The van der Waals surface area contributed by atoms with Crippen LogP contribution in [0, 0.1) is 0 Å². The van der Waals surface area contributed by atoms with E-state index in [1.165, 1.54) is 0 Å². The second kappa shape index (κ2) is 14.6. The molecule has 0 spiro atoms. The molecular weight excluding hydrogens is 460 g/mol. The van der Waals surface area contributed by atoms with Gasteiger partial charge in [-0.25, -0.2) is 0 Å². The predicted octanol–water partition coefficient (Wildman–Crippen LogP) is -2.56. The van der Waals surface area contributed by atoms with Crippen LogP contribution in [-0.4, -0.2) is 128 Å². The summed E-state index contributed by atoms with van der Waals surface area (Å²) in [6, 6.07) is 0. The molecule has 2 aliphatic rings. The molecule has 200 valence electrons. The molecule has 2 saturated heterocycles. The van der Waals surface area contributed by atoms with Gasteiger partial charge in [0, 0.05) is 13.0 Å². The summed E-state index contributed by atoms with van der Waals surface area (Å²) in [7, 11) is 0. The number of aliphatic hydroxyl groups excluding tert-OH is 7. The third-order valence-electron chi connectivity index (χ3n) is 6.03. The van der Waals surface area contributed by atoms with Crippen LogP contribution in [-0.2, 0) is 23.7 Å². The number of hydrogen-bond acceptors (Lipinski definition) is 12. The van der Waals surface area contributed by atoms with Gasteiger partial charge in [0.1, 0.15) is 48.8 Å². The van der Waals surface area contributed by atoms with E-state index in [9.17, 15) is 40.5 Å². The molecule has 0 radical (unpaired) electrons. The standard InChI is InChI=1S/C21H38O13/c22-9-11-14(26)16(28)18(30)20(32-11)34-19-17(29)15(27)12(10-23)33-21(19)31-8-6-4-2-1-3-5-7-13(24)25/h11-12,14-23,26-30H,1-10H2,(H,24,25)/t11-,12-,14-,15-,16+,17+,18+,19+,20+,21?/m1/s1. The largest absolute Gasteiger partial charge is 0.481 e. The fourth-order valence-corrected chi connectivity index (χ4v) is 3.95. The number of hydrogen-bond donors (Lipinski definition) is 8. The number of aliphatic hydroxyl groups is 7. The van der Waals surface area contributed by atoms with Crippen LogP contribution < -0.4 is 0 Å². The fourth-order valence-electron chi connectivity index (χ4n) is 3.95. The van der Waals surface area contributed by atoms with Crippen LogP contribution in [0.3, 0.4) is 0 Å². The van der Waals surface area contributed by atoms with E-state index in [1.807, 2.05) is 0 Å². The fraction of sp³-hybridized carbons (Fsp3) is 0.952. The highest BCUT2D eigenvalue weighted by Crippen LogP contribution is 2.29. The molecule has 13 nitrogen and oxygen atoms in total. The maximum Gasteiger partial charge on any atom is 0.303 e. The molecule has 0 aromatic rings. The van der Waals surface area contributed by atoms with Gasteiger partial charge in [-0.2, -0.15) is 0 Å². The van der Waals surface area contributed by atoms with Crippen molar-refractivity contribution in [3.05, 3.63) is 0 Å². The lowest BCUT2D eigenvalue weighted by Gasteiger charge is -2.45. The molecule has 2 heterocycles. The Kier molecular flexibility index (Phi) is 12.5. The molecule has 0 saturated carbocycles. The van der Waals surface area contributed by atoms with E-state index in [2.05, 4.69) is 0 Å². The van der Waals surface area contributed by atoms with Crippen molar-refractivity contribution in [2.24, 2.45) is 0 Å². The van der Waals surface area contributed by atoms with Crippen LogP contribution in [0.4, 0.5) is 0 Å². The summed E-state index contributed by atoms with van der Waals surface area (Å²) in [5.74, 6) is -0.810. The number of unbranched alkanes of at least 4 members (excludes halogenated alkanes) is 5. The van der Waals surface area contributed by atoms with Crippen LogP contribution in [0.1, 0.15) is 44.9 Å². The Balaban J connectivity index is 1.89. The van der Waals surface area contributed by atoms with Crippen molar-refractivity contribution in [2.45, 2.75) is 106 Å². The summed E-state index contributed by atoms with van der Waals surface area (Å²) >= 11 is 0. The highest BCUT2D eigenvalue weighted by atomic mass is 16.8. The SMILES string of the molecule is O=C(O)CCCCCCCCOC1O[C@H](CO)[C@@H](O)[C@H](O)[C@@H]1O[C@@H]1O[C@H](CO)[C@@H](O)[C@H](O)[C@@H]1O. The molecule has 0 aromatic carbocycles. The van der Waals surface area contributed by atoms with Crippen LogP contribution in [0.5, 0.6) is 0 Å². The molecule has 2 fully saturated rings. The molecular formula is C21H38O13. The molecule has 34 heavy (non-hydrogen) atoms. The minimum Gasteiger partial charge on any atom is -0.481 e. The lowest BCUT2D eigenvalue weighted by atomic mass is 9.97. The Hall–Kier alpha value is -0.970. The highest BCUT2D eigenvalue weighted by Gasteiger charge is 2.50. The summed E-state index contributed by atoms with van der Waals surface area (Å²) < 4.78 is 22.1. The normalized spacial score (nSPS) is 38.7. The number of ether oxygens (including phenoxy) is 4. The van der Waals surface area contributed by atoms with Crippen molar-refractivity contribution in [2.75, 3.05) is 19.8 Å². The van der Waals surface area contributed by atoms with E-state index >= 15 is 0 Å². The van der Waals surface area contributed by atoms with Crippen molar-refractivity contribution in [1.29, 1.82) is 0 Å². The molecule has 13 heteroatoms. The maximum absolute atomic E-state index is 10.5. The minimum atomic E-state index is -1.72. The first kappa shape index (κ1) is 29.3. The zero-order chi connectivity index (χ0) is 25.3. The Bertz CT molecular complexity index is 591. The molecule has 10 atom stereocenters. The highest BCUT2D eigenvalue weighted by molar-refractivity contribution is 5.66. The van der Waals surface area contributed by atoms with E-state index in [-0.39, 0.29) is 13.0 Å². The third kappa shape index (κ3) is 8.03. The summed E-state index contributed by atoms with van der Waals surface area (Å²) in [5.41, 5.74) is 0. The zero-order valence-corrected chi connectivity index (χ0v) is 19.0. The average Bonchev–Trinajstić information content (AvgIpc) is 2.81. The zero-order valence-electron chi connectivity index (χ0n) is 19.0. The maximum atomic E-state index is 10.5. The summed E-state index contributed by atoms with van der Waals surface area (Å²) in [4.78, 5) is 10.5. The van der Waals surface area contributed by atoms with E-state index in [0.29, 0.717) is 12.8 Å². The van der Waals surface area contributed by atoms with Crippen LogP contribution in [0.2, 0.25) is 0 Å². The summed E-state index contributed by atoms with van der Waals surface area (Å²) in [5, 5.41) is 78.2. The Morgan fingerprint density at radius 2 is 1.21 bits per heavy atom. The van der Waals surface area contributed by atoms with Gasteiger partial charge in [0.2, 0.25) is 0 Å². The molecule has 0 bridgehead atoms. The van der Waals surface area contributed by atoms with Gasteiger partial charge in [-0.05, 0) is 12.8 Å². The Morgan fingerprint density at radius 3 is 1.79 bits per heavy atom. The first-order chi connectivity index (χ1) is 16.2. The monoisotopic (exact) mass is 498 g/mol. The van der Waals surface area contributed by atoms with Crippen LogP contribution >= 0.6 is 0 Å². The number of rotatable bonds is 14. The lowest BCUT2D eigenvalue weighted by Crippen LogP contribution is -2.64. The van der Waals surface area contributed by atoms with Crippen molar-refractivity contribution in [3.63, 3.8) is 0 Å². The molecule has 0 aliphatic carbocycles. The van der Waals surface area contributed by atoms with Crippen molar-refractivity contribution in [1.82, 2.24) is 0 Å². The van der Waals surface area contributed by atoms with Gasteiger partial charge in [-0.3, -0.25) is 4.79 Å². The van der Waals surface area contributed by atoms with Gasteiger partial charge in [0.05, 0.1) is 13.2 Å². The summed E-state index contributed by atoms with van der Waals surface area (Å²) in [6.07, 6.45) is -9.96. The quantitative estimate of drug-likeness (QED) is 0.116. The predicted molar refractivity (Wildman–Crippen MR) is 112 cm³/mol.